The molecule has 0 atom stereocenters. The molecule has 0 saturated carbocycles. The molecule has 6 heteroatoms. The van der Waals surface area contributed by atoms with Crippen molar-refractivity contribution in [2.45, 2.75) is 53.3 Å². The second-order valence-corrected chi connectivity index (χ2v) is 9.01. The molecule has 0 unspecified atom stereocenters. The molecule has 0 radical (unpaired) electrons. The number of carbonyl (C=O) groups excluding carboxylic acids is 1. The largest absolute Gasteiger partial charge is 0.497 e. The zero-order valence-electron chi connectivity index (χ0n) is 18.3. The zero-order valence-corrected chi connectivity index (χ0v) is 19.1. The van der Waals surface area contributed by atoms with E-state index in [1.54, 1.807) is 11.4 Å². The van der Waals surface area contributed by atoms with Gasteiger partial charge in [0.1, 0.15) is 11.4 Å². The number of rotatable bonds is 8. The van der Waals surface area contributed by atoms with Crippen molar-refractivity contribution >= 4 is 18.2 Å². The first-order chi connectivity index (χ1) is 13.7. The predicted octanol–water partition coefficient (Wildman–Crippen LogP) is 5.83. The van der Waals surface area contributed by atoms with Crippen molar-refractivity contribution in [1.29, 1.82) is 0 Å². The summed E-state index contributed by atoms with van der Waals surface area (Å²) < 4.78 is 14.7. The van der Waals surface area contributed by atoms with E-state index >= 15 is 0 Å². The van der Waals surface area contributed by atoms with E-state index in [-0.39, 0.29) is 6.09 Å². The van der Waals surface area contributed by atoms with Crippen molar-refractivity contribution < 1.29 is 14.3 Å². The lowest BCUT2D eigenvalue weighted by molar-refractivity contribution is 0.0390. The second-order valence-electron chi connectivity index (χ2n) is 7.89. The summed E-state index contributed by atoms with van der Waals surface area (Å²) >= 11 is 1.40. The lowest BCUT2D eigenvalue weighted by Crippen LogP contribution is -2.35. The summed E-state index contributed by atoms with van der Waals surface area (Å²) in [6, 6.07) is 16.2. The Kier molecular flexibility index (Phi) is 8.41. The molecule has 2 aromatic carbocycles. The molecule has 0 aromatic heterocycles. The van der Waals surface area contributed by atoms with Crippen LogP contribution in [0.1, 0.15) is 44.4 Å². The monoisotopic (exact) mass is 416 g/mol. The highest BCUT2D eigenvalue weighted by Crippen LogP contribution is 2.25. The Labute approximate surface area is 179 Å². The van der Waals surface area contributed by atoms with Crippen LogP contribution in [-0.4, -0.2) is 34.0 Å². The molecule has 0 saturated heterocycles. The topological polar surface area (TPSA) is 42.0 Å². The lowest BCUT2D eigenvalue weighted by atomic mass is 10.1. The maximum Gasteiger partial charge on any atom is 0.421 e. The SMILES string of the molecule is CCN(Cc1ccc(C)cc1)SN(Cc1ccc(OC)cc1)C(=O)OC(C)(C)C. The lowest BCUT2D eigenvalue weighted by Gasteiger charge is -2.30. The number of ether oxygens (including phenoxy) is 2. The van der Waals surface area contributed by atoms with E-state index in [2.05, 4.69) is 42.4 Å². The molecular weight excluding hydrogens is 384 g/mol. The minimum atomic E-state index is -0.552. The molecule has 0 fully saturated rings. The molecule has 2 aromatic rings. The van der Waals surface area contributed by atoms with Gasteiger partial charge in [0.15, 0.2) is 0 Å². The van der Waals surface area contributed by atoms with Gasteiger partial charge in [-0.3, -0.25) is 0 Å². The van der Waals surface area contributed by atoms with Gasteiger partial charge in [0.05, 0.1) is 13.7 Å². The summed E-state index contributed by atoms with van der Waals surface area (Å²) in [6.07, 6.45) is -0.347. The normalized spacial score (nSPS) is 11.4. The summed E-state index contributed by atoms with van der Waals surface area (Å²) in [5, 5.41) is 0. The molecule has 0 aliphatic heterocycles. The number of aryl methyl sites for hydroxylation is 1. The molecule has 0 aliphatic carbocycles. The maximum atomic E-state index is 12.9. The van der Waals surface area contributed by atoms with E-state index < -0.39 is 5.60 Å². The summed E-state index contributed by atoms with van der Waals surface area (Å²) in [7, 11) is 1.64. The highest BCUT2D eigenvalue weighted by Gasteiger charge is 2.25. The van der Waals surface area contributed by atoms with Crippen molar-refractivity contribution in [3.8, 4) is 5.75 Å². The Morgan fingerprint density at radius 1 is 0.966 bits per heavy atom. The minimum Gasteiger partial charge on any atom is -0.497 e. The highest BCUT2D eigenvalue weighted by molar-refractivity contribution is 7.95. The first-order valence-corrected chi connectivity index (χ1v) is 10.5. The Hall–Kier alpha value is -2.18. The molecule has 158 valence electrons. The number of nitrogens with zero attached hydrogens (tertiary/aromatic N) is 2. The van der Waals surface area contributed by atoms with E-state index in [4.69, 9.17) is 9.47 Å². The summed E-state index contributed by atoms with van der Waals surface area (Å²) in [6.45, 7) is 11.8. The van der Waals surface area contributed by atoms with Gasteiger partial charge in [-0.05, 0) is 51.0 Å². The van der Waals surface area contributed by atoms with Crippen LogP contribution in [0.25, 0.3) is 0 Å². The smallest absolute Gasteiger partial charge is 0.421 e. The minimum absolute atomic E-state index is 0.347. The molecule has 2 rings (SSSR count). The molecular formula is C23H32N2O3S. The van der Waals surface area contributed by atoms with Crippen LogP contribution in [0.3, 0.4) is 0 Å². The average molecular weight is 417 g/mol. The predicted molar refractivity (Wildman–Crippen MR) is 120 cm³/mol. The van der Waals surface area contributed by atoms with E-state index in [1.165, 1.54) is 23.3 Å². The number of benzene rings is 2. The van der Waals surface area contributed by atoms with Gasteiger partial charge in [0, 0.05) is 25.2 Å². The molecule has 29 heavy (non-hydrogen) atoms. The second kappa shape index (κ2) is 10.6. The zero-order chi connectivity index (χ0) is 21.4. The van der Waals surface area contributed by atoms with Gasteiger partial charge in [-0.15, -0.1) is 0 Å². The summed E-state index contributed by atoms with van der Waals surface area (Å²) in [4.78, 5) is 12.9. The van der Waals surface area contributed by atoms with Crippen LogP contribution < -0.4 is 4.74 Å². The van der Waals surface area contributed by atoms with Crippen molar-refractivity contribution in [3.05, 3.63) is 65.2 Å². The number of methoxy groups -OCH3 is 1. The molecule has 1 amide bonds. The van der Waals surface area contributed by atoms with Crippen molar-refractivity contribution in [2.75, 3.05) is 13.7 Å². The number of hydrogen-bond acceptors (Lipinski definition) is 5. The average Bonchev–Trinajstić information content (AvgIpc) is 2.67. The molecule has 0 aliphatic rings. The van der Waals surface area contributed by atoms with Gasteiger partial charge in [-0.2, -0.15) is 0 Å². The third-order valence-corrected chi connectivity index (χ3v) is 5.22. The van der Waals surface area contributed by atoms with E-state index in [1.807, 2.05) is 45.0 Å². The van der Waals surface area contributed by atoms with Crippen LogP contribution in [0.4, 0.5) is 4.79 Å². The fourth-order valence-corrected chi connectivity index (χ4v) is 3.48. The van der Waals surface area contributed by atoms with Gasteiger partial charge >= 0.3 is 6.09 Å². The van der Waals surface area contributed by atoms with E-state index in [0.29, 0.717) is 6.54 Å². The Bertz CT molecular complexity index is 770. The number of amides is 1. The van der Waals surface area contributed by atoms with Gasteiger partial charge in [0.2, 0.25) is 0 Å². The number of carbonyl (C=O) groups is 1. The summed E-state index contributed by atoms with van der Waals surface area (Å²) in [5.74, 6) is 0.791. The quantitative estimate of drug-likeness (QED) is 0.507. The van der Waals surface area contributed by atoms with Crippen molar-refractivity contribution in [3.63, 3.8) is 0 Å². The Morgan fingerprint density at radius 2 is 1.52 bits per heavy atom. The molecule has 0 bridgehead atoms. The Morgan fingerprint density at radius 3 is 2.03 bits per heavy atom. The number of hydrogen-bond donors (Lipinski definition) is 0. The van der Waals surface area contributed by atoms with Gasteiger partial charge < -0.3 is 9.47 Å². The van der Waals surface area contributed by atoms with Crippen LogP contribution in [-0.2, 0) is 17.8 Å². The van der Waals surface area contributed by atoms with Crippen LogP contribution >= 0.6 is 12.1 Å². The van der Waals surface area contributed by atoms with Gasteiger partial charge in [-0.1, -0.05) is 48.9 Å². The highest BCUT2D eigenvalue weighted by atomic mass is 32.2. The van der Waals surface area contributed by atoms with Crippen LogP contribution in [0.2, 0.25) is 0 Å². The van der Waals surface area contributed by atoms with Gasteiger partial charge in [0.25, 0.3) is 0 Å². The molecule has 0 N–H and O–H groups in total. The van der Waals surface area contributed by atoms with Crippen molar-refractivity contribution in [1.82, 2.24) is 8.61 Å². The fourth-order valence-electron chi connectivity index (χ4n) is 2.57. The van der Waals surface area contributed by atoms with Gasteiger partial charge in [-0.25, -0.2) is 13.4 Å². The van der Waals surface area contributed by atoms with Crippen LogP contribution in [0.5, 0.6) is 5.75 Å². The van der Waals surface area contributed by atoms with Crippen LogP contribution in [0, 0.1) is 6.92 Å². The third kappa shape index (κ3) is 7.99. The molecule has 0 spiro atoms. The third-order valence-electron chi connectivity index (χ3n) is 4.13. The Balaban J connectivity index is 2.15. The van der Waals surface area contributed by atoms with Crippen molar-refractivity contribution in [2.24, 2.45) is 0 Å². The maximum absolute atomic E-state index is 12.9. The van der Waals surface area contributed by atoms with E-state index in [0.717, 1.165) is 24.4 Å². The first-order valence-electron chi connectivity index (χ1n) is 9.82. The standard InChI is InChI=1S/C23H32N2O3S/c1-7-24(16-19-10-8-18(2)9-11-19)29-25(22(26)28-23(3,4)5)17-20-12-14-21(27-6)15-13-20/h8-15H,7,16-17H2,1-6H3. The molecule has 0 heterocycles. The first kappa shape index (κ1) is 23.1. The van der Waals surface area contributed by atoms with E-state index in [9.17, 15) is 4.79 Å². The van der Waals surface area contributed by atoms with Crippen LogP contribution in [0.15, 0.2) is 48.5 Å². The molecule has 5 nitrogen and oxygen atoms in total. The summed E-state index contributed by atoms with van der Waals surface area (Å²) in [5.41, 5.74) is 2.90. The fraction of sp³-hybridized carbons (Fsp3) is 0.435.